The molecule has 1 N–H and O–H groups in total. The summed E-state index contributed by atoms with van der Waals surface area (Å²) in [4.78, 5) is 0. The van der Waals surface area contributed by atoms with Gasteiger partial charge in [-0.1, -0.05) is 20.3 Å². The van der Waals surface area contributed by atoms with Crippen LogP contribution < -0.4 is 5.32 Å². The fraction of sp³-hybridized carbons (Fsp3) is 1.00. The first kappa shape index (κ1) is 12.9. The Morgan fingerprint density at radius 1 is 1.31 bits per heavy atom. The van der Waals surface area contributed by atoms with Crippen molar-refractivity contribution in [1.29, 1.82) is 0 Å². The summed E-state index contributed by atoms with van der Waals surface area (Å²) in [5.41, 5.74) is 0.460. The average molecular weight is 187 g/mol. The van der Waals surface area contributed by atoms with Crippen LogP contribution in [0.5, 0.6) is 0 Å². The third kappa shape index (κ3) is 6.05. The smallest absolute Gasteiger partial charge is 0.0462 e. The molecule has 80 valence electrons. The van der Waals surface area contributed by atoms with E-state index in [1.165, 1.54) is 25.7 Å². The fourth-order valence-corrected chi connectivity index (χ4v) is 1.98. The SMILES string of the molecule is CCCC(C)(CCCOC)CNC. The van der Waals surface area contributed by atoms with E-state index in [0.717, 1.165) is 13.2 Å². The van der Waals surface area contributed by atoms with Gasteiger partial charge in [0, 0.05) is 20.3 Å². The first-order valence-electron chi connectivity index (χ1n) is 5.32. The molecule has 13 heavy (non-hydrogen) atoms. The molecule has 0 bridgehead atoms. The van der Waals surface area contributed by atoms with Gasteiger partial charge in [0.2, 0.25) is 0 Å². The monoisotopic (exact) mass is 187 g/mol. The summed E-state index contributed by atoms with van der Waals surface area (Å²) >= 11 is 0. The third-order valence-electron chi connectivity index (χ3n) is 2.59. The topological polar surface area (TPSA) is 21.3 Å². The molecule has 2 nitrogen and oxygen atoms in total. The third-order valence-corrected chi connectivity index (χ3v) is 2.59. The van der Waals surface area contributed by atoms with Gasteiger partial charge in [-0.25, -0.2) is 0 Å². The van der Waals surface area contributed by atoms with Gasteiger partial charge in [-0.15, -0.1) is 0 Å². The molecule has 0 aromatic rings. The zero-order chi connectivity index (χ0) is 10.2. The van der Waals surface area contributed by atoms with Crippen LogP contribution in [0.1, 0.15) is 39.5 Å². The van der Waals surface area contributed by atoms with E-state index in [1.54, 1.807) is 7.11 Å². The van der Waals surface area contributed by atoms with Crippen LogP contribution in [0.25, 0.3) is 0 Å². The maximum atomic E-state index is 5.07. The molecule has 0 saturated heterocycles. The van der Waals surface area contributed by atoms with Gasteiger partial charge in [0.25, 0.3) is 0 Å². The maximum absolute atomic E-state index is 5.07. The van der Waals surface area contributed by atoms with Crippen molar-refractivity contribution in [2.24, 2.45) is 5.41 Å². The van der Waals surface area contributed by atoms with E-state index in [2.05, 4.69) is 19.2 Å². The molecule has 0 spiro atoms. The highest BCUT2D eigenvalue weighted by molar-refractivity contribution is 4.75. The molecule has 1 atom stereocenters. The van der Waals surface area contributed by atoms with Crippen molar-refractivity contribution in [3.8, 4) is 0 Å². The van der Waals surface area contributed by atoms with Crippen LogP contribution in [0.4, 0.5) is 0 Å². The average Bonchev–Trinajstić information content (AvgIpc) is 2.05. The standard InChI is InChI=1S/C11H25NO/c1-5-7-11(2,10-12-3)8-6-9-13-4/h12H,5-10H2,1-4H3. The quantitative estimate of drug-likeness (QED) is 0.589. The van der Waals surface area contributed by atoms with Crippen LogP contribution in [-0.4, -0.2) is 27.3 Å². The van der Waals surface area contributed by atoms with Crippen molar-refractivity contribution in [1.82, 2.24) is 5.32 Å². The van der Waals surface area contributed by atoms with Crippen LogP contribution in [0.2, 0.25) is 0 Å². The number of methoxy groups -OCH3 is 1. The molecule has 0 aliphatic carbocycles. The van der Waals surface area contributed by atoms with Gasteiger partial charge in [0.15, 0.2) is 0 Å². The summed E-state index contributed by atoms with van der Waals surface area (Å²) in [6.45, 7) is 6.63. The molecule has 0 aliphatic heterocycles. The predicted molar refractivity (Wildman–Crippen MR) is 58.1 cm³/mol. The number of ether oxygens (including phenoxy) is 1. The van der Waals surface area contributed by atoms with E-state index in [0.29, 0.717) is 5.41 Å². The van der Waals surface area contributed by atoms with Crippen molar-refractivity contribution < 1.29 is 4.74 Å². The molecule has 0 aromatic heterocycles. The zero-order valence-electron chi connectivity index (χ0n) is 9.65. The Kier molecular flexibility index (Phi) is 7.29. The number of hydrogen-bond donors (Lipinski definition) is 1. The van der Waals surface area contributed by atoms with Gasteiger partial charge in [0.05, 0.1) is 0 Å². The summed E-state index contributed by atoms with van der Waals surface area (Å²) in [7, 11) is 3.81. The lowest BCUT2D eigenvalue weighted by molar-refractivity contribution is 0.165. The highest BCUT2D eigenvalue weighted by Gasteiger charge is 2.21. The van der Waals surface area contributed by atoms with E-state index in [4.69, 9.17) is 4.74 Å². The molecular weight excluding hydrogens is 162 g/mol. The predicted octanol–water partition coefficient (Wildman–Crippen LogP) is 2.44. The van der Waals surface area contributed by atoms with Gasteiger partial charge in [-0.05, 0) is 31.7 Å². The van der Waals surface area contributed by atoms with Crippen LogP contribution in [0.3, 0.4) is 0 Å². The van der Waals surface area contributed by atoms with Gasteiger partial charge in [-0.2, -0.15) is 0 Å². The lowest BCUT2D eigenvalue weighted by Gasteiger charge is -2.29. The van der Waals surface area contributed by atoms with Crippen molar-refractivity contribution in [3.63, 3.8) is 0 Å². The van der Waals surface area contributed by atoms with Gasteiger partial charge in [-0.3, -0.25) is 0 Å². The number of rotatable bonds is 8. The Hall–Kier alpha value is -0.0800. The second-order valence-electron chi connectivity index (χ2n) is 4.19. The highest BCUT2D eigenvalue weighted by atomic mass is 16.5. The Bertz CT molecular complexity index is 109. The van der Waals surface area contributed by atoms with Crippen molar-refractivity contribution in [2.75, 3.05) is 27.3 Å². The minimum atomic E-state index is 0.460. The van der Waals surface area contributed by atoms with Crippen LogP contribution in [0.15, 0.2) is 0 Å². The van der Waals surface area contributed by atoms with E-state index in [-0.39, 0.29) is 0 Å². The van der Waals surface area contributed by atoms with E-state index < -0.39 is 0 Å². The molecular formula is C11H25NO. The first-order valence-corrected chi connectivity index (χ1v) is 5.32. The van der Waals surface area contributed by atoms with Crippen molar-refractivity contribution >= 4 is 0 Å². The summed E-state index contributed by atoms with van der Waals surface area (Å²) in [5, 5.41) is 3.28. The van der Waals surface area contributed by atoms with Crippen molar-refractivity contribution in [2.45, 2.75) is 39.5 Å². The molecule has 0 aromatic carbocycles. The molecule has 0 heterocycles. The second-order valence-corrected chi connectivity index (χ2v) is 4.19. The largest absolute Gasteiger partial charge is 0.385 e. The van der Waals surface area contributed by atoms with Gasteiger partial charge < -0.3 is 10.1 Å². The van der Waals surface area contributed by atoms with Crippen LogP contribution in [-0.2, 0) is 4.74 Å². The molecule has 0 aliphatic rings. The molecule has 2 heteroatoms. The van der Waals surface area contributed by atoms with Gasteiger partial charge >= 0.3 is 0 Å². The number of nitrogens with one attached hydrogen (secondary N) is 1. The molecule has 0 rings (SSSR count). The highest BCUT2D eigenvalue weighted by Crippen LogP contribution is 2.28. The Morgan fingerprint density at radius 3 is 2.46 bits per heavy atom. The lowest BCUT2D eigenvalue weighted by Crippen LogP contribution is -2.29. The Labute approximate surface area is 83.1 Å². The number of hydrogen-bond acceptors (Lipinski definition) is 2. The first-order chi connectivity index (χ1) is 6.18. The fourth-order valence-electron chi connectivity index (χ4n) is 1.98. The summed E-state index contributed by atoms with van der Waals surface area (Å²) in [6.07, 6.45) is 5.01. The van der Waals surface area contributed by atoms with Crippen LogP contribution >= 0.6 is 0 Å². The van der Waals surface area contributed by atoms with E-state index >= 15 is 0 Å². The lowest BCUT2D eigenvalue weighted by atomic mass is 9.81. The molecule has 0 saturated carbocycles. The van der Waals surface area contributed by atoms with Crippen molar-refractivity contribution in [3.05, 3.63) is 0 Å². The van der Waals surface area contributed by atoms with Crippen LogP contribution in [0, 0.1) is 5.41 Å². The molecule has 0 radical (unpaired) electrons. The Morgan fingerprint density at radius 2 is 2.00 bits per heavy atom. The molecule has 0 amide bonds. The normalized spacial score (nSPS) is 15.7. The minimum absolute atomic E-state index is 0.460. The van der Waals surface area contributed by atoms with E-state index in [9.17, 15) is 0 Å². The molecule has 1 unspecified atom stereocenters. The molecule has 0 fully saturated rings. The summed E-state index contributed by atoms with van der Waals surface area (Å²) < 4.78 is 5.07. The second kappa shape index (κ2) is 7.34. The maximum Gasteiger partial charge on any atom is 0.0462 e. The Balaban J connectivity index is 3.76. The van der Waals surface area contributed by atoms with E-state index in [1.807, 2.05) is 7.05 Å². The summed E-state index contributed by atoms with van der Waals surface area (Å²) in [5.74, 6) is 0. The minimum Gasteiger partial charge on any atom is -0.385 e. The van der Waals surface area contributed by atoms with Gasteiger partial charge in [0.1, 0.15) is 0 Å². The zero-order valence-corrected chi connectivity index (χ0v) is 9.65. The summed E-state index contributed by atoms with van der Waals surface area (Å²) in [6, 6.07) is 0.